The molecule has 1 aliphatic heterocycles. The Balaban J connectivity index is 1.82. The molecule has 7 nitrogen and oxygen atoms in total. The summed E-state index contributed by atoms with van der Waals surface area (Å²) < 4.78 is 5.34. The molecule has 120 valence electrons. The molecule has 1 aromatic rings. The highest BCUT2D eigenvalue weighted by molar-refractivity contribution is 5.83. The molecule has 1 fully saturated rings. The SMILES string of the molecule is N=C(N)C1CCCCN1OC(=O)COc1ccc(CO)cc1. The molecule has 0 spiro atoms. The molecular weight excluding hydrogens is 286 g/mol. The Morgan fingerprint density at radius 3 is 2.73 bits per heavy atom. The molecule has 0 radical (unpaired) electrons. The molecule has 1 heterocycles. The lowest BCUT2D eigenvalue weighted by Crippen LogP contribution is -2.48. The largest absolute Gasteiger partial charge is 0.482 e. The van der Waals surface area contributed by atoms with E-state index in [0.29, 0.717) is 18.7 Å². The zero-order valence-corrected chi connectivity index (χ0v) is 12.3. The fourth-order valence-electron chi connectivity index (χ4n) is 2.32. The Labute approximate surface area is 129 Å². The number of nitrogens with one attached hydrogen (secondary N) is 1. The van der Waals surface area contributed by atoms with Crippen molar-refractivity contribution < 1.29 is 19.5 Å². The molecule has 1 saturated heterocycles. The summed E-state index contributed by atoms with van der Waals surface area (Å²) in [4.78, 5) is 17.1. The highest BCUT2D eigenvalue weighted by Crippen LogP contribution is 2.17. The van der Waals surface area contributed by atoms with Crippen LogP contribution in [0.2, 0.25) is 0 Å². The van der Waals surface area contributed by atoms with Gasteiger partial charge in [-0.25, -0.2) is 4.79 Å². The number of nitrogens with two attached hydrogens (primary N) is 1. The Hall–Kier alpha value is -2.12. The molecule has 1 aliphatic rings. The number of aliphatic hydroxyl groups excluding tert-OH is 1. The third-order valence-corrected chi connectivity index (χ3v) is 3.49. The van der Waals surface area contributed by atoms with Gasteiger partial charge in [0.2, 0.25) is 0 Å². The van der Waals surface area contributed by atoms with E-state index in [4.69, 9.17) is 25.8 Å². The predicted octanol–water partition coefficient (Wildman–Crippen LogP) is 0.806. The van der Waals surface area contributed by atoms with E-state index in [1.807, 2.05) is 0 Å². The van der Waals surface area contributed by atoms with Gasteiger partial charge >= 0.3 is 5.97 Å². The first kappa shape index (κ1) is 16.3. The van der Waals surface area contributed by atoms with Crippen LogP contribution in [-0.2, 0) is 16.2 Å². The van der Waals surface area contributed by atoms with Crippen molar-refractivity contribution in [1.82, 2.24) is 5.06 Å². The minimum Gasteiger partial charge on any atom is -0.482 e. The summed E-state index contributed by atoms with van der Waals surface area (Å²) in [5.74, 6) is 0.00306. The molecule has 0 amide bonds. The first-order valence-electron chi connectivity index (χ1n) is 7.24. The van der Waals surface area contributed by atoms with Crippen molar-refractivity contribution >= 4 is 11.8 Å². The Bertz CT molecular complexity index is 518. The number of hydrogen-bond donors (Lipinski definition) is 3. The number of ether oxygens (including phenoxy) is 1. The molecule has 1 atom stereocenters. The third-order valence-electron chi connectivity index (χ3n) is 3.49. The molecule has 2 rings (SSSR count). The van der Waals surface area contributed by atoms with Gasteiger partial charge in [0.15, 0.2) is 6.61 Å². The fourth-order valence-corrected chi connectivity index (χ4v) is 2.32. The number of aliphatic hydroxyl groups is 1. The second-order valence-corrected chi connectivity index (χ2v) is 5.16. The van der Waals surface area contributed by atoms with E-state index in [2.05, 4.69) is 0 Å². The van der Waals surface area contributed by atoms with E-state index in [-0.39, 0.29) is 25.1 Å². The van der Waals surface area contributed by atoms with Crippen LogP contribution in [0.25, 0.3) is 0 Å². The minimum atomic E-state index is -0.528. The van der Waals surface area contributed by atoms with Crippen LogP contribution in [-0.4, -0.2) is 41.2 Å². The number of amidine groups is 1. The van der Waals surface area contributed by atoms with Crippen molar-refractivity contribution in [2.24, 2.45) is 5.73 Å². The predicted molar refractivity (Wildman–Crippen MR) is 80.2 cm³/mol. The number of hydroxylamine groups is 2. The van der Waals surface area contributed by atoms with Gasteiger partial charge in [0, 0.05) is 6.54 Å². The van der Waals surface area contributed by atoms with Gasteiger partial charge in [0.25, 0.3) is 0 Å². The van der Waals surface area contributed by atoms with Crippen LogP contribution in [0.1, 0.15) is 24.8 Å². The average Bonchev–Trinajstić information content (AvgIpc) is 2.53. The summed E-state index contributed by atoms with van der Waals surface area (Å²) in [5.41, 5.74) is 6.30. The lowest BCUT2D eigenvalue weighted by Gasteiger charge is -2.32. The van der Waals surface area contributed by atoms with Gasteiger partial charge in [0.1, 0.15) is 17.6 Å². The molecule has 7 heteroatoms. The van der Waals surface area contributed by atoms with Crippen molar-refractivity contribution in [2.75, 3.05) is 13.2 Å². The molecule has 0 bridgehead atoms. The second-order valence-electron chi connectivity index (χ2n) is 5.16. The molecule has 1 unspecified atom stereocenters. The van der Waals surface area contributed by atoms with Crippen molar-refractivity contribution in [3.8, 4) is 5.75 Å². The van der Waals surface area contributed by atoms with Crippen LogP contribution in [0, 0.1) is 5.41 Å². The number of nitrogens with zero attached hydrogens (tertiary/aromatic N) is 1. The number of benzene rings is 1. The quantitative estimate of drug-likeness (QED) is 0.530. The maximum atomic E-state index is 11.8. The van der Waals surface area contributed by atoms with E-state index in [9.17, 15) is 4.79 Å². The van der Waals surface area contributed by atoms with Gasteiger partial charge < -0.3 is 20.4 Å². The molecule has 22 heavy (non-hydrogen) atoms. The van der Waals surface area contributed by atoms with Gasteiger partial charge in [-0.3, -0.25) is 5.41 Å². The number of rotatable bonds is 6. The maximum absolute atomic E-state index is 11.8. The van der Waals surface area contributed by atoms with Gasteiger partial charge in [-0.15, -0.1) is 5.06 Å². The Morgan fingerprint density at radius 2 is 2.09 bits per heavy atom. The van der Waals surface area contributed by atoms with Crippen LogP contribution in [0.4, 0.5) is 0 Å². The summed E-state index contributed by atoms with van der Waals surface area (Å²) >= 11 is 0. The summed E-state index contributed by atoms with van der Waals surface area (Å²) in [5, 5.41) is 17.9. The number of carbonyl (C=O) groups excluding carboxylic acids is 1. The van der Waals surface area contributed by atoms with Crippen LogP contribution < -0.4 is 10.5 Å². The van der Waals surface area contributed by atoms with Gasteiger partial charge in [-0.2, -0.15) is 0 Å². The molecular formula is C15H21N3O4. The molecule has 4 N–H and O–H groups in total. The molecule has 0 aliphatic carbocycles. The molecule has 1 aromatic carbocycles. The van der Waals surface area contributed by atoms with Crippen molar-refractivity contribution in [1.29, 1.82) is 5.41 Å². The first-order chi connectivity index (χ1) is 10.6. The number of piperidine rings is 1. The third kappa shape index (κ3) is 4.44. The second kappa shape index (κ2) is 7.77. The van der Waals surface area contributed by atoms with Gasteiger partial charge in [0.05, 0.1) is 6.61 Å². The minimum absolute atomic E-state index is 0.00742. The van der Waals surface area contributed by atoms with E-state index in [1.54, 1.807) is 24.3 Å². The monoisotopic (exact) mass is 307 g/mol. The lowest BCUT2D eigenvalue weighted by atomic mass is 10.0. The Kier molecular flexibility index (Phi) is 5.74. The number of hydrogen-bond acceptors (Lipinski definition) is 6. The topological polar surface area (TPSA) is 109 Å². The summed E-state index contributed by atoms with van der Waals surface area (Å²) in [6, 6.07) is 6.45. The van der Waals surface area contributed by atoms with E-state index in [1.165, 1.54) is 5.06 Å². The number of carbonyl (C=O) groups is 1. The fraction of sp³-hybridized carbons (Fsp3) is 0.467. The van der Waals surface area contributed by atoms with E-state index in [0.717, 1.165) is 18.4 Å². The van der Waals surface area contributed by atoms with Gasteiger partial charge in [-0.05, 0) is 37.0 Å². The first-order valence-corrected chi connectivity index (χ1v) is 7.24. The van der Waals surface area contributed by atoms with Crippen LogP contribution in [0.5, 0.6) is 5.75 Å². The smallest absolute Gasteiger partial charge is 0.363 e. The highest BCUT2D eigenvalue weighted by Gasteiger charge is 2.28. The zero-order valence-electron chi connectivity index (χ0n) is 12.3. The molecule has 0 aromatic heterocycles. The van der Waals surface area contributed by atoms with E-state index < -0.39 is 5.97 Å². The van der Waals surface area contributed by atoms with Crippen LogP contribution in [0.15, 0.2) is 24.3 Å². The standard InChI is InChI=1S/C15H21N3O4/c16-15(17)13-3-1-2-8-18(13)22-14(20)10-21-12-6-4-11(9-19)5-7-12/h4-7,13,19H,1-3,8-10H2,(H3,16,17). The lowest BCUT2D eigenvalue weighted by molar-refractivity contribution is -0.202. The van der Waals surface area contributed by atoms with Crippen molar-refractivity contribution in [2.45, 2.75) is 31.9 Å². The maximum Gasteiger partial charge on any atom is 0.363 e. The Morgan fingerprint density at radius 1 is 1.36 bits per heavy atom. The van der Waals surface area contributed by atoms with Crippen LogP contribution >= 0.6 is 0 Å². The van der Waals surface area contributed by atoms with Crippen molar-refractivity contribution in [3.63, 3.8) is 0 Å². The van der Waals surface area contributed by atoms with E-state index >= 15 is 0 Å². The summed E-state index contributed by atoms with van der Waals surface area (Å²) in [7, 11) is 0. The average molecular weight is 307 g/mol. The zero-order chi connectivity index (χ0) is 15.9. The normalized spacial score (nSPS) is 18.7. The summed E-state index contributed by atoms with van der Waals surface area (Å²) in [6.07, 6.45) is 2.58. The van der Waals surface area contributed by atoms with Crippen molar-refractivity contribution in [3.05, 3.63) is 29.8 Å². The van der Waals surface area contributed by atoms with Gasteiger partial charge in [-0.1, -0.05) is 12.1 Å². The molecule has 0 saturated carbocycles. The van der Waals surface area contributed by atoms with Crippen LogP contribution in [0.3, 0.4) is 0 Å². The highest BCUT2D eigenvalue weighted by atomic mass is 16.7. The summed E-state index contributed by atoms with van der Waals surface area (Å²) in [6.45, 7) is 0.310.